The molecule has 0 saturated heterocycles. The highest BCUT2D eigenvalue weighted by Gasteiger charge is 2.18. The normalized spacial score (nSPS) is 14.3. The van der Waals surface area contributed by atoms with Crippen LogP contribution in [0, 0.1) is 6.92 Å². The van der Waals surface area contributed by atoms with E-state index in [1.807, 2.05) is 31.2 Å². The lowest BCUT2D eigenvalue weighted by Gasteiger charge is -2.08. The van der Waals surface area contributed by atoms with E-state index in [4.69, 9.17) is 0 Å². The quantitative estimate of drug-likeness (QED) is 0.737. The number of rotatable bonds is 2. The van der Waals surface area contributed by atoms with Gasteiger partial charge in [-0.15, -0.1) is 11.3 Å². The number of carbonyl (C=O) groups is 1. The molecule has 0 aliphatic heterocycles. The Bertz CT molecular complexity index is 571. The molecule has 0 saturated carbocycles. The Morgan fingerprint density at radius 2 is 2.00 bits per heavy atom. The van der Waals surface area contributed by atoms with Crippen LogP contribution in [0.1, 0.15) is 44.1 Å². The Morgan fingerprint density at radius 3 is 2.78 bits per heavy atom. The molecule has 92 valence electrons. The first kappa shape index (κ1) is 11.7. The van der Waals surface area contributed by atoms with E-state index in [9.17, 15) is 4.79 Å². The van der Waals surface area contributed by atoms with Crippen LogP contribution in [0.25, 0.3) is 0 Å². The summed E-state index contributed by atoms with van der Waals surface area (Å²) < 4.78 is 0. The first-order chi connectivity index (χ1) is 8.74. The Balaban J connectivity index is 1.95. The molecule has 2 aromatic rings. The highest BCUT2D eigenvalue weighted by molar-refractivity contribution is 7.14. The van der Waals surface area contributed by atoms with Gasteiger partial charge in [0.1, 0.15) is 0 Å². The van der Waals surface area contributed by atoms with Gasteiger partial charge in [-0.1, -0.05) is 23.8 Å². The molecule has 3 rings (SSSR count). The molecule has 0 bridgehead atoms. The number of carbonyl (C=O) groups excluding carboxylic acids is 1. The summed E-state index contributed by atoms with van der Waals surface area (Å²) in [4.78, 5) is 14.8. The van der Waals surface area contributed by atoms with E-state index in [0.29, 0.717) is 0 Å². The third kappa shape index (κ3) is 2.13. The fourth-order valence-corrected chi connectivity index (χ4v) is 3.75. The van der Waals surface area contributed by atoms with E-state index in [2.05, 4.69) is 6.07 Å². The Kier molecular flexibility index (Phi) is 3.04. The van der Waals surface area contributed by atoms with Gasteiger partial charge in [0.05, 0.1) is 4.88 Å². The molecule has 1 aliphatic carbocycles. The summed E-state index contributed by atoms with van der Waals surface area (Å²) in [5.41, 5.74) is 3.36. The first-order valence-electron chi connectivity index (χ1n) is 6.47. The van der Waals surface area contributed by atoms with E-state index in [-0.39, 0.29) is 5.78 Å². The van der Waals surface area contributed by atoms with Gasteiger partial charge in [-0.3, -0.25) is 4.79 Å². The molecule has 2 heteroatoms. The van der Waals surface area contributed by atoms with E-state index in [1.54, 1.807) is 11.3 Å². The average molecular weight is 256 g/mol. The molecule has 1 aromatic heterocycles. The number of hydrogen-bond acceptors (Lipinski definition) is 2. The van der Waals surface area contributed by atoms with Gasteiger partial charge in [-0.05, 0) is 50.3 Å². The summed E-state index contributed by atoms with van der Waals surface area (Å²) >= 11 is 1.69. The minimum Gasteiger partial charge on any atom is -0.288 e. The second-order valence-corrected chi connectivity index (χ2v) is 6.10. The third-order valence-electron chi connectivity index (χ3n) is 3.50. The summed E-state index contributed by atoms with van der Waals surface area (Å²) in [5.74, 6) is 0.179. The highest BCUT2D eigenvalue weighted by atomic mass is 32.1. The first-order valence-corrected chi connectivity index (χ1v) is 7.28. The highest BCUT2D eigenvalue weighted by Crippen LogP contribution is 2.30. The molecule has 0 radical (unpaired) electrons. The van der Waals surface area contributed by atoms with E-state index in [1.165, 1.54) is 23.3 Å². The predicted octanol–water partition coefficient (Wildman–Crippen LogP) is 4.17. The largest absolute Gasteiger partial charge is 0.288 e. The SMILES string of the molecule is Cc1cccc(C(=O)c2cc3c(s2)CCCC3)c1. The predicted molar refractivity (Wildman–Crippen MR) is 75.6 cm³/mol. The van der Waals surface area contributed by atoms with Gasteiger partial charge in [-0.25, -0.2) is 0 Å². The fourth-order valence-electron chi connectivity index (χ4n) is 2.53. The van der Waals surface area contributed by atoms with Crippen molar-refractivity contribution in [3.63, 3.8) is 0 Å². The molecular formula is C16H16OS. The van der Waals surface area contributed by atoms with Crippen LogP contribution in [0.3, 0.4) is 0 Å². The monoisotopic (exact) mass is 256 g/mol. The van der Waals surface area contributed by atoms with Crippen molar-refractivity contribution in [2.75, 3.05) is 0 Å². The smallest absolute Gasteiger partial charge is 0.202 e. The molecule has 1 heterocycles. The van der Waals surface area contributed by atoms with E-state index < -0.39 is 0 Å². The molecule has 0 atom stereocenters. The van der Waals surface area contributed by atoms with Crippen LogP contribution in [-0.2, 0) is 12.8 Å². The summed E-state index contributed by atoms with van der Waals surface area (Å²) in [6.07, 6.45) is 4.83. The van der Waals surface area contributed by atoms with Gasteiger partial charge in [0.15, 0.2) is 0 Å². The number of aryl methyl sites for hydroxylation is 3. The van der Waals surface area contributed by atoms with E-state index in [0.717, 1.165) is 28.8 Å². The van der Waals surface area contributed by atoms with Crippen LogP contribution in [0.4, 0.5) is 0 Å². The number of hydrogen-bond donors (Lipinski definition) is 0. The van der Waals surface area contributed by atoms with Crippen LogP contribution in [-0.4, -0.2) is 5.78 Å². The maximum absolute atomic E-state index is 12.4. The number of thiophene rings is 1. The van der Waals surface area contributed by atoms with Gasteiger partial charge in [0, 0.05) is 10.4 Å². The number of ketones is 1. The Labute approximate surface area is 111 Å². The zero-order valence-corrected chi connectivity index (χ0v) is 11.3. The maximum Gasteiger partial charge on any atom is 0.202 e. The lowest BCUT2D eigenvalue weighted by atomic mass is 9.98. The molecule has 0 amide bonds. The lowest BCUT2D eigenvalue weighted by Crippen LogP contribution is -1.98. The van der Waals surface area contributed by atoms with Crippen LogP contribution in [0.5, 0.6) is 0 Å². The summed E-state index contributed by atoms with van der Waals surface area (Å²) in [6, 6.07) is 9.98. The van der Waals surface area contributed by atoms with Crippen molar-refractivity contribution < 1.29 is 4.79 Å². The van der Waals surface area contributed by atoms with Crippen molar-refractivity contribution in [2.45, 2.75) is 32.6 Å². The molecule has 0 N–H and O–H groups in total. The van der Waals surface area contributed by atoms with Gasteiger partial charge in [0.2, 0.25) is 5.78 Å². The topological polar surface area (TPSA) is 17.1 Å². The standard InChI is InChI=1S/C16H16OS/c1-11-5-4-7-13(9-11)16(17)15-10-12-6-2-3-8-14(12)18-15/h4-5,7,9-10H,2-3,6,8H2,1H3. The Morgan fingerprint density at radius 1 is 1.17 bits per heavy atom. The molecule has 1 nitrogen and oxygen atoms in total. The van der Waals surface area contributed by atoms with Gasteiger partial charge in [-0.2, -0.15) is 0 Å². The zero-order chi connectivity index (χ0) is 12.5. The number of benzene rings is 1. The van der Waals surface area contributed by atoms with E-state index >= 15 is 0 Å². The van der Waals surface area contributed by atoms with Crippen LogP contribution in [0.2, 0.25) is 0 Å². The third-order valence-corrected chi connectivity index (χ3v) is 4.74. The van der Waals surface area contributed by atoms with Gasteiger partial charge >= 0.3 is 0 Å². The molecule has 0 unspecified atom stereocenters. The molecule has 1 aromatic carbocycles. The molecule has 0 fully saturated rings. The second kappa shape index (κ2) is 4.69. The summed E-state index contributed by atoms with van der Waals surface area (Å²) in [6.45, 7) is 2.02. The van der Waals surface area contributed by atoms with Gasteiger partial charge < -0.3 is 0 Å². The fraction of sp³-hybridized carbons (Fsp3) is 0.312. The van der Waals surface area contributed by atoms with Crippen LogP contribution >= 0.6 is 11.3 Å². The maximum atomic E-state index is 12.4. The summed E-state index contributed by atoms with van der Waals surface area (Å²) in [7, 11) is 0. The molecular weight excluding hydrogens is 240 g/mol. The minimum atomic E-state index is 0.179. The Hall–Kier alpha value is -1.41. The van der Waals surface area contributed by atoms with Crippen molar-refractivity contribution in [3.05, 3.63) is 56.8 Å². The molecule has 0 spiro atoms. The zero-order valence-electron chi connectivity index (χ0n) is 10.5. The molecule has 18 heavy (non-hydrogen) atoms. The van der Waals surface area contributed by atoms with Crippen LogP contribution in [0.15, 0.2) is 30.3 Å². The summed E-state index contributed by atoms with van der Waals surface area (Å²) in [5, 5.41) is 0. The van der Waals surface area contributed by atoms with Crippen molar-refractivity contribution >= 4 is 17.1 Å². The van der Waals surface area contributed by atoms with Crippen molar-refractivity contribution in [2.24, 2.45) is 0 Å². The number of fused-ring (bicyclic) bond motifs is 1. The van der Waals surface area contributed by atoms with Gasteiger partial charge in [0.25, 0.3) is 0 Å². The lowest BCUT2D eigenvalue weighted by molar-refractivity contribution is 0.104. The second-order valence-electron chi connectivity index (χ2n) is 4.96. The van der Waals surface area contributed by atoms with Crippen LogP contribution < -0.4 is 0 Å². The van der Waals surface area contributed by atoms with Crippen molar-refractivity contribution in [1.29, 1.82) is 0 Å². The molecule has 1 aliphatic rings. The minimum absolute atomic E-state index is 0.179. The average Bonchev–Trinajstić information content (AvgIpc) is 2.81. The van der Waals surface area contributed by atoms with Crippen molar-refractivity contribution in [3.8, 4) is 0 Å². The van der Waals surface area contributed by atoms with Crippen molar-refractivity contribution in [1.82, 2.24) is 0 Å².